The molecule has 1 heterocycles. The number of aryl methyl sites for hydroxylation is 1. The van der Waals surface area contributed by atoms with Crippen LogP contribution in [0.25, 0.3) is 0 Å². The quantitative estimate of drug-likeness (QED) is 0.747. The Balaban J connectivity index is 2.31. The van der Waals surface area contributed by atoms with E-state index >= 15 is 0 Å². The second-order valence-electron chi connectivity index (χ2n) is 3.70. The van der Waals surface area contributed by atoms with E-state index in [0.29, 0.717) is 0 Å². The van der Waals surface area contributed by atoms with Crippen LogP contribution >= 0.6 is 27.3 Å². The Hall–Kier alpha value is -0.870. The van der Waals surface area contributed by atoms with E-state index < -0.39 is 0 Å². The second-order valence-corrected chi connectivity index (χ2v) is 5.94. The average molecular weight is 315 g/mol. The van der Waals surface area contributed by atoms with Crippen LogP contribution in [0.2, 0.25) is 0 Å². The fourth-order valence-corrected chi connectivity index (χ4v) is 3.20. The Bertz CT molecular complexity index is 524. The third-order valence-corrected chi connectivity index (χ3v) is 4.87. The van der Waals surface area contributed by atoms with Gasteiger partial charge >= 0.3 is 0 Å². The first kappa shape index (κ1) is 12.6. The van der Waals surface area contributed by atoms with Crippen molar-refractivity contribution in [3.05, 3.63) is 51.5 Å². The number of halogens is 2. The molecule has 17 heavy (non-hydrogen) atoms. The molecule has 1 unspecified atom stereocenters. The van der Waals surface area contributed by atoms with Gasteiger partial charge in [0, 0.05) is 9.75 Å². The summed E-state index contributed by atoms with van der Waals surface area (Å²) < 4.78 is 18.5. The van der Waals surface area contributed by atoms with Gasteiger partial charge in [0.15, 0.2) is 11.6 Å². The largest absolute Gasteiger partial charge is 0.494 e. The minimum absolute atomic E-state index is 0.0293. The molecule has 2 rings (SSSR count). The molecule has 0 bridgehead atoms. The summed E-state index contributed by atoms with van der Waals surface area (Å²) in [4.78, 5) is 2.45. The molecule has 2 aromatic rings. The molecule has 0 spiro atoms. The maximum Gasteiger partial charge on any atom is 0.165 e. The van der Waals surface area contributed by atoms with Crippen molar-refractivity contribution in [1.29, 1.82) is 0 Å². The Morgan fingerprint density at radius 2 is 2.06 bits per heavy atom. The van der Waals surface area contributed by atoms with Crippen molar-refractivity contribution in [1.82, 2.24) is 0 Å². The molecule has 0 radical (unpaired) electrons. The summed E-state index contributed by atoms with van der Waals surface area (Å²) in [5.74, 6) is -0.0569. The number of methoxy groups -OCH3 is 1. The Labute approximate surface area is 112 Å². The van der Waals surface area contributed by atoms with Gasteiger partial charge in [-0.2, -0.15) is 0 Å². The van der Waals surface area contributed by atoms with Gasteiger partial charge in [-0.3, -0.25) is 0 Å². The highest BCUT2D eigenvalue weighted by atomic mass is 79.9. The lowest BCUT2D eigenvalue weighted by Crippen LogP contribution is -1.93. The molecule has 0 aliphatic rings. The molecule has 0 aliphatic heterocycles. The van der Waals surface area contributed by atoms with Crippen molar-refractivity contribution in [3.63, 3.8) is 0 Å². The molecule has 0 N–H and O–H groups in total. The molecule has 1 atom stereocenters. The Kier molecular flexibility index (Phi) is 3.84. The SMILES string of the molecule is COc1ccc(C(Br)c2ccc(C)s2)cc1F. The lowest BCUT2D eigenvalue weighted by atomic mass is 10.1. The Morgan fingerprint density at radius 1 is 1.29 bits per heavy atom. The van der Waals surface area contributed by atoms with Gasteiger partial charge in [0.2, 0.25) is 0 Å². The molecule has 1 aromatic heterocycles. The van der Waals surface area contributed by atoms with Crippen LogP contribution in [0.5, 0.6) is 5.75 Å². The van der Waals surface area contributed by atoms with Crippen molar-refractivity contribution in [2.75, 3.05) is 7.11 Å². The molecular weight excluding hydrogens is 303 g/mol. The lowest BCUT2D eigenvalue weighted by molar-refractivity contribution is 0.386. The van der Waals surface area contributed by atoms with Crippen molar-refractivity contribution >= 4 is 27.3 Å². The van der Waals surface area contributed by atoms with Crippen molar-refractivity contribution in [3.8, 4) is 5.75 Å². The molecule has 0 saturated carbocycles. The molecule has 0 amide bonds. The lowest BCUT2D eigenvalue weighted by Gasteiger charge is -2.09. The van der Waals surface area contributed by atoms with Gasteiger partial charge < -0.3 is 4.74 Å². The highest BCUT2D eigenvalue weighted by molar-refractivity contribution is 9.09. The highest BCUT2D eigenvalue weighted by Gasteiger charge is 2.14. The summed E-state index contributed by atoms with van der Waals surface area (Å²) in [7, 11) is 1.46. The van der Waals surface area contributed by atoms with Crippen LogP contribution in [0.15, 0.2) is 30.3 Å². The number of benzene rings is 1. The number of rotatable bonds is 3. The van der Waals surface area contributed by atoms with Crippen LogP contribution in [0.3, 0.4) is 0 Å². The predicted molar refractivity (Wildman–Crippen MR) is 72.8 cm³/mol. The number of hydrogen-bond acceptors (Lipinski definition) is 2. The zero-order chi connectivity index (χ0) is 12.4. The number of thiophene rings is 1. The van der Waals surface area contributed by atoms with Gasteiger partial charge in [0.05, 0.1) is 11.9 Å². The first-order valence-corrected chi connectivity index (χ1v) is 6.89. The number of alkyl halides is 1. The third-order valence-electron chi connectivity index (χ3n) is 2.48. The second kappa shape index (κ2) is 5.19. The fraction of sp³-hybridized carbons (Fsp3) is 0.231. The minimum atomic E-state index is -0.331. The summed E-state index contributed by atoms with van der Waals surface area (Å²) >= 11 is 5.30. The maximum absolute atomic E-state index is 13.6. The summed E-state index contributed by atoms with van der Waals surface area (Å²) in [5.41, 5.74) is 0.894. The first-order valence-electron chi connectivity index (χ1n) is 5.15. The zero-order valence-corrected chi connectivity index (χ0v) is 11.9. The van der Waals surface area contributed by atoms with E-state index in [4.69, 9.17) is 4.74 Å². The van der Waals surface area contributed by atoms with E-state index in [9.17, 15) is 4.39 Å². The van der Waals surface area contributed by atoms with Gasteiger partial charge in [-0.25, -0.2) is 4.39 Å². The van der Waals surface area contributed by atoms with Gasteiger partial charge in [-0.15, -0.1) is 11.3 Å². The monoisotopic (exact) mass is 314 g/mol. The van der Waals surface area contributed by atoms with Gasteiger partial charge in [-0.1, -0.05) is 22.0 Å². The molecule has 0 fully saturated rings. The van der Waals surface area contributed by atoms with E-state index in [1.807, 2.05) is 6.07 Å². The molecule has 0 saturated heterocycles. The van der Waals surface area contributed by atoms with E-state index in [-0.39, 0.29) is 16.4 Å². The molecular formula is C13H12BrFOS. The average Bonchev–Trinajstić information content (AvgIpc) is 2.75. The minimum Gasteiger partial charge on any atom is -0.494 e. The van der Waals surface area contributed by atoms with Crippen molar-refractivity contribution in [2.24, 2.45) is 0 Å². The van der Waals surface area contributed by atoms with Crippen LogP contribution in [-0.2, 0) is 0 Å². The molecule has 0 aliphatic carbocycles. The first-order chi connectivity index (χ1) is 8.11. The van der Waals surface area contributed by atoms with Crippen LogP contribution in [0, 0.1) is 12.7 Å². The van der Waals surface area contributed by atoms with E-state index in [0.717, 1.165) is 5.56 Å². The smallest absolute Gasteiger partial charge is 0.165 e. The van der Waals surface area contributed by atoms with E-state index in [1.54, 1.807) is 17.4 Å². The predicted octanol–water partition coefficient (Wildman–Crippen LogP) is 4.69. The van der Waals surface area contributed by atoms with Crippen molar-refractivity contribution in [2.45, 2.75) is 11.8 Å². The number of hydrogen-bond donors (Lipinski definition) is 0. The summed E-state index contributed by atoms with van der Waals surface area (Å²) in [6.07, 6.45) is 0. The summed E-state index contributed by atoms with van der Waals surface area (Å²) in [5, 5.41) is 0. The summed E-state index contributed by atoms with van der Waals surface area (Å²) in [6.45, 7) is 2.06. The summed E-state index contributed by atoms with van der Waals surface area (Å²) in [6, 6.07) is 9.15. The van der Waals surface area contributed by atoms with Gasteiger partial charge in [0.25, 0.3) is 0 Å². The third kappa shape index (κ3) is 2.69. The normalized spacial score (nSPS) is 12.5. The van der Waals surface area contributed by atoms with Gasteiger partial charge in [-0.05, 0) is 36.8 Å². The van der Waals surface area contributed by atoms with Gasteiger partial charge in [0.1, 0.15) is 0 Å². The topological polar surface area (TPSA) is 9.23 Å². The molecule has 90 valence electrons. The van der Waals surface area contributed by atoms with Crippen LogP contribution in [0.4, 0.5) is 4.39 Å². The standard InChI is InChI=1S/C13H12BrFOS/c1-8-3-6-12(17-8)13(14)9-4-5-11(16-2)10(15)7-9/h3-7,13H,1-2H3. The Morgan fingerprint density at radius 3 is 2.59 bits per heavy atom. The van der Waals surface area contributed by atoms with Crippen LogP contribution < -0.4 is 4.74 Å². The van der Waals surface area contributed by atoms with Crippen LogP contribution in [-0.4, -0.2) is 7.11 Å². The van der Waals surface area contributed by atoms with Crippen molar-refractivity contribution < 1.29 is 9.13 Å². The highest BCUT2D eigenvalue weighted by Crippen LogP contribution is 2.36. The molecule has 1 aromatic carbocycles. The van der Waals surface area contributed by atoms with E-state index in [1.165, 1.54) is 22.9 Å². The fourth-order valence-electron chi connectivity index (χ4n) is 1.59. The molecule has 1 nitrogen and oxygen atoms in total. The van der Waals surface area contributed by atoms with E-state index in [2.05, 4.69) is 35.0 Å². The van der Waals surface area contributed by atoms with Crippen LogP contribution in [0.1, 0.15) is 20.1 Å². The maximum atomic E-state index is 13.6. The zero-order valence-electron chi connectivity index (χ0n) is 9.54. The molecule has 4 heteroatoms. The number of ether oxygens (including phenoxy) is 1.